The van der Waals surface area contributed by atoms with Crippen LogP contribution in [0.3, 0.4) is 0 Å². The third kappa shape index (κ3) is 4.60. The largest absolute Gasteiger partial charge is 0.591 e. The second-order valence-corrected chi connectivity index (χ2v) is 10.1. The molecule has 1 unspecified atom stereocenters. The lowest BCUT2D eigenvalue weighted by Gasteiger charge is -2.36. The number of hydrogen-bond acceptors (Lipinski definition) is 4. The predicted molar refractivity (Wildman–Crippen MR) is 104 cm³/mol. The maximum absolute atomic E-state index is 12.6. The number of nitrogens with zero attached hydrogens (tertiary/aromatic N) is 2. The molecule has 4 atom stereocenters. The lowest BCUT2D eigenvalue weighted by atomic mass is 9.92. The Morgan fingerprint density at radius 3 is 2.46 bits per heavy atom. The van der Waals surface area contributed by atoms with Crippen LogP contribution in [-0.2, 0) is 22.7 Å². The van der Waals surface area contributed by atoms with E-state index in [2.05, 4.69) is 4.40 Å². The van der Waals surface area contributed by atoms with Crippen LogP contribution in [0, 0.1) is 5.92 Å². The van der Waals surface area contributed by atoms with Gasteiger partial charge in [-0.1, -0.05) is 34.7 Å². The highest BCUT2D eigenvalue weighted by Crippen LogP contribution is 2.38. The average molecular weight is 377 g/mol. The van der Waals surface area contributed by atoms with Crippen molar-refractivity contribution in [3.63, 3.8) is 0 Å². The van der Waals surface area contributed by atoms with E-state index in [0.29, 0.717) is 6.61 Å². The van der Waals surface area contributed by atoms with Crippen LogP contribution in [-0.4, -0.2) is 38.6 Å². The number of carbonyl (C=O) groups is 1. The van der Waals surface area contributed by atoms with Gasteiger partial charge in [0, 0.05) is 18.0 Å². The van der Waals surface area contributed by atoms with Gasteiger partial charge in [0.2, 0.25) is 0 Å². The summed E-state index contributed by atoms with van der Waals surface area (Å²) in [5.41, 5.74) is 1.000. The van der Waals surface area contributed by atoms with Gasteiger partial charge in [0.15, 0.2) is 0 Å². The quantitative estimate of drug-likeness (QED) is 0.587. The van der Waals surface area contributed by atoms with Crippen molar-refractivity contribution < 1.29 is 14.1 Å². The van der Waals surface area contributed by atoms with E-state index < -0.39 is 11.4 Å². The predicted octanol–water partition coefficient (Wildman–Crippen LogP) is 4.10. The number of hydrogen-bond donors (Lipinski definition) is 0. The van der Waals surface area contributed by atoms with Crippen LogP contribution in [0.25, 0.3) is 0 Å². The fourth-order valence-electron chi connectivity index (χ4n) is 3.73. The molecule has 5 nitrogen and oxygen atoms in total. The number of benzene rings is 1. The van der Waals surface area contributed by atoms with E-state index in [0.717, 1.165) is 31.2 Å². The fourth-order valence-corrected chi connectivity index (χ4v) is 4.33. The topological polar surface area (TPSA) is 65.0 Å². The first-order valence-electron chi connectivity index (χ1n) is 9.30. The Labute approximate surface area is 159 Å². The van der Waals surface area contributed by atoms with Gasteiger partial charge >= 0.3 is 6.09 Å². The SMILES string of the molecule is CC(C)(C)[S+]([O-])/N=C/[C@@H]1C[C@H]2CC[C@@H](C1)N2C(=O)OCc1ccccc1. The summed E-state index contributed by atoms with van der Waals surface area (Å²) >= 11 is -1.22. The zero-order chi connectivity index (χ0) is 18.7. The normalized spacial score (nSPS) is 26.9. The minimum atomic E-state index is -1.22. The maximum atomic E-state index is 12.6. The summed E-state index contributed by atoms with van der Waals surface area (Å²) in [5, 5.41) is 0. The van der Waals surface area contributed by atoms with Crippen LogP contribution in [0.5, 0.6) is 0 Å². The van der Waals surface area contributed by atoms with Gasteiger partial charge in [0.05, 0.1) is 6.21 Å². The van der Waals surface area contributed by atoms with Crippen LogP contribution in [0.15, 0.2) is 34.7 Å². The van der Waals surface area contributed by atoms with Gasteiger partial charge in [-0.3, -0.25) is 0 Å². The van der Waals surface area contributed by atoms with Gasteiger partial charge in [-0.25, -0.2) is 4.79 Å². The molecule has 0 spiro atoms. The molecule has 2 heterocycles. The molecular formula is C20H28N2O3S. The third-order valence-electron chi connectivity index (χ3n) is 5.08. The van der Waals surface area contributed by atoms with E-state index >= 15 is 0 Å². The van der Waals surface area contributed by atoms with Crippen molar-refractivity contribution in [3.8, 4) is 0 Å². The molecule has 1 aromatic carbocycles. The van der Waals surface area contributed by atoms with Gasteiger partial charge in [-0.2, -0.15) is 0 Å². The second-order valence-electron chi connectivity index (χ2n) is 8.18. The van der Waals surface area contributed by atoms with E-state index in [1.165, 1.54) is 0 Å². The van der Waals surface area contributed by atoms with Crippen LogP contribution in [0.1, 0.15) is 52.0 Å². The lowest BCUT2D eigenvalue weighted by molar-refractivity contribution is 0.0602. The van der Waals surface area contributed by atoms with Crippen molar-refractivity contribution in [1.82, 2.24) is 4.90 Å². The molecule has 6 heteroatoms. The van der Waals surface area contributed by atoms with Gasteiger partial charge in [-0.05, 0) is 52.0 Å². The molecule has 142 valence electrons. The average Bonchev–Trinajstić information content (AvgIpc) is 2.88. The summed E-state index contributed by atoms with van der Waals surface area (Å²) in [4.78, 5) is 14.5. The van der Waals surface area contributed by atoms with Crippen LogP contribution >= 0.6 is 0 Å². The molecular weight excluding hydrogens is 348 g/mol. The Hall–Kier alpha value is -1.53. The molecule has 1 aromatic rings. The molecule has 0 saturated carbocycles. The zero-order valence-corrected chi connectivity index (χ0v) is 16.6. The Kier molecular flexibility index (Phi) is 5.92. The number of amides is 1. The molecule has 26 heavy (non-hydrogen) atoms. The smallest absolute Gasteiger partial charge is 0.410 e. The maximum Gasteiger partial charge on any atom is 0.410 e. The van der Waals surface area contributed by atoms with Crippen molar-refractivity contribution >= 4 is 23.7 Å². The molecule has 2 aliphatic heterocycles. The second kappa shape index (κ2) is 8.01. The first-order chi connectivity index (χ1) is 12.3. The Morgan fingerprint density at radius 1 is 1.27 bits per heavy atom. The Bertz CT molecular complexity index is 630. The fraction of sp³-hybridized carbons (Fsp3) is 0.600. The van der Waals surface area contributed by atoms with Gasteiger partial charge < -0.3 is 14.2 Å². The van der Waals surface area contributed by atoms with Crippen LogP contribution in [0.4, 0.5) is 4.79 Å². The van der Waals surface area contributed by atoms with Crippen molar-refractivity contribution in [3.05, 3.63) is 35.9 Å². The Balaban J connectivity index is 1.55. The number of ether oxygens (including phenoxy) is 1. The van der Waals surface area contributed by atoms with E-state index in [9.17, 15) is 9.35 Å². The monoisotopic (exact) mass is 376 g/mol. The summed E-state index contributed by atoms with van der Waals surface area (Å²) in [5.74, 6) is 0.289. The van der Waals surface area contributed by atoms with Gasteiger partial charge in [0.1, 0.15) is 22.7 Å². The number of fused-ring (bicyclic) bond motifs is 2. The van der Waals surface area contributed by atoms with Gasteiger partial charge in [0.25, 0.3) is 0 Å². The van der Waals surface area contributed by atoms with Crippen molar-refractivity contribution in [2.75, 3.05) is 0 Å². The zero-order valence-electron chi connectivity index (χ0n) is 15.8. The van der Waals surface area contributed by atoms with Crippen LogP contribution < -0.4 is 0 Å². The highest BCUT2D eigenvalue weighted by atomic mass is 32.2. The first kappa shape index (κ1) is 19.2. The molecule has 0 aliphatic carbocycles. The van der Waals surface area contributed by atoms with E-state index in [1.54, 1.807) is 0 Å². The molecule has 3 rings (SSSR count). The highest BCUT2D eigenvalue weighted by Gasteiger charge is 2.44. The summed E-state index contributed by atoms with van der Waals surface area (Å²) in [6.45, 7) is 6.09. The summed E-state index contributed by atoms with van der Waals surface area (Å²) < 4.78 is 21.6. The summed E-state index contributed by atoms with van der Waals surface area (Å²) in [6, 6.07) is 10.2. The molecule has 1 amide bonds. The number of rotatable bonds is 4. The first-order valence-corrected chi connectivity index (χ1v) is 10.4. The molecule has 0 radical (unpaired) electrons. The highest BCUT2D eigenvalue weighted by molar-refractivity contribution is 7.91. The molecule has 0 N–H and O–H groups in total. The minimum absolute atomic E-state index is 0.205. The third-order valence-corrected chi connectivity index (χ3v) is 6.44. The minimum Gasteiger partial charge on any atom is -0.591 e. The summed E-state index contributed by atoms with van der Waals surface area (Å²) in [6.07, 6.45) is 5.42. The van der Waals surface area contributed by atoms with Crippen molar-refractivity contribution in [2.45, 2.75) is 69.9 Å². The van der Waals surface area contributed by atoms with Crippen molar-refractivity contribution in [1.29, 1.82) is 0 Å². The Morgan fingerprint density at radius 2 is 1.88 bits per heavy atom. The lowest BCUT2D eigenvalue weighted by Crippen LogP contribution is -2.47. The molecule has 2 saturated heterocycles. The standard InChI is InChI=1S/C20H28N2O3S/c1-20(2,3)26(24)21-13-16-11-17-9-10-18(12-16)22(17)19(23)25-14-15-7-5-4-6-8-15/h4-8,13,16-18H,9-12,14H2,1-3H3/b21-13+/t16-,17-,18+,26?. The molecule has 0 aromatic heterocycles. The number of carbonyl (C=O) groups excluding carboxylic acids is 1. The van der Waals surface area contributed by atoms with Gasteiger partial charge in [-0.15, -0.1) is 0 Å². The molecule has 2 aliphatic rings. The molecule has 2 bridgehead atoms. The number of piperidine rings is 1. The van der Waals surface area contributed by atoms with E-state index in [4.69, 9.17) is 4.74 Å². The van der Waals surface area contributed by atoms with E-state index in [1.807, 2.05) is 62.2 Å². The van der Waals surface area contributed by atoms with Crippen molar-refractivity contribution in [2.24, 2.45) is 10.3 Å². The van der Waals surface area contributed by atoms with Crippen LogP contribution in [0.2, 0.25) is 0 Å². The molecule has 2 fully saturated rings. The van der Waals surface area contributed by atoms with E-state index in [-0.39, 0.29) is 28.8 Å². The summed E-state index contributed by atoms with van der Waals surface area (Å²) in [7, 11) is 0.